The second-order valence-corrected chi connectivity index (χ2v) is 7.34. The molecule has 5 heteroatoms. The smallest absolute Gasteiger partial charge is 0.256 e. The van der Waals surface area contributed by atoms with Gasteiger partial charge in [-0.25, -0.2) is 4.98 Å². The first-order valence-corrected chi connectivity index (χ1v) is 9.50. The Hall–Kier alpha value is -2.88. The molecule has 1 heterocycles. The summed E-state index contributed by atoms with van der Waals surface area (Å²) in [5.41, 5.74) is 4.67. The molecule has 4 aromatic rings. The van der Waals surface area contributed by atoms with Gasteiger partial charge < -0.3 is 5.32 Å². The van der Waals surface area contributed by atoms with Crippen LogP contribution >= 0.6 is 23.2 Å². The number of hydrogen-bond donors (Lipinski definition) is 1. The lowest BCUT2D eigenvalue weighted by Crippen LogP contribution is -2.13. The van der Waals surface area contributed by atoms with Gasteiger partial charge >= 0.3 is 0 Å². The van der Waals surface area contributed by atoms with Gasteiger partial charge in [0, 0.05) is 16.6 Å². The predicted molar refractivity (Wildman–Crippen MR) is 116 cm³/mol. The molecule has 0 saturated heterocycles. The van der Waals surface area contributed by atoms with Crippen molar-refractivity contribution in [1.29, 1.82) is 0 Å². The molecule has 0 aliphatic carbocycles. The number of carbonyl (C=O) groups excluding carboxylic acids is 1. The van der Waals surface area contributed by atoms with E-state index >= 15 is 0 Å². The summed E-state index contributed by atoms with van der Waals surface area (Å²) in [6, 6.07) is 22.5. The van der Waals surface area contributed by atoms with Crippen LogP contribution in [-0.2, 0) is 0 Å². The standard InChI is InChI=1S/C23H16Cl2N2O/c1-14-7-10-21-17(11-14)18(13-22(27-21)15-5-3-2-4-6-15)23(28)26-16-8-9-19(24)20(25)12-16/h2-13H,1H3,(H,26,28). The zero-order valence-electron chi connectivity index (χ0n) is 15.0. The van der Waals surface area contributed by atoms with E-state index in [1.807, 2.05) is 61.5 Å². The van der Waals surface area contributed by atoms with E-state index in [4.69, 9.17) is 28.2 Å². The van der Waals surface area contributed by atoms with Gasteiger partial charge in [0.1, 0.15) is 0 Å². The minimum atomic E-state index is -0.228. The molecule has 28 heavy (non-hydrogen) atoms. The molecule has 0 aliphatic heterocycles. The van der Waals surface area contributed by atoms with E-state index in [-0.39, 0.29) is 5.91 Å². The molecule has 1 aromatic heterocycles. The summed E-state index contributed by atoms with van der Waals surface area (Å²) in [4.78, 5) is 17.8. The SMILES string of the molecule is Cc1ccc2nc(-c3ccccc3)cc(C(=O)Nc3ccc(Cl)c(Cl)c3)c2c1. The third kappa shape index (κ3) is 3.72. The lowest BCUT2D eigenvalue weighted by molar-refractivity contribution is 0.102. The quantitative estimate of drug-likeness (QED) is 0.407. The number of pyridine rings is 1. The Labute approximate surface area is 172 Å². The first-order chi connectivity index (χ1) is 13.5. The number of rotatable bonds is 3. The lowest BCUT2D eigenvalue weighted by atomic mass is 10.0. The summed E-state index contributed by atoms with van der Waals surface area (Å²) in [7, 11) is 0. The molecule has 0 aliphatic rings. The van der Waals surface area contributed by atoms with Crippen molar-refractivity contribution in [2.24, 2.45) is 0 Å². The zero-order valence-corrected chi connectivity index (χ0v) is 16.6. The highest BCUT2D eigenvalue weighted by molar-refractivity contribution is 6.42. The molecule has 0 unspecified atom stereocenters. The number of aryl methyl sites for hydroxylation is 1. The minimum Gasteiger partial charge on any atom is -0.322 e. The van der Waals surface area contributed by atoms with Crippen molar-refractivity contribution in [3.8, 4) is 11.3 Å². The second-order valence-electron chi connectivity index (χ2n) is 6.52. The summed E-state index contributed by atoms with van der Waals surface area (Å²) in [6.07, 6.45) is 0. The highest BCUT2D eigenvalue weighted by Crippen LogP contribution is 2.28. The molecular formula is C23H16Cl2N2O. The number of nitrogens with one attached hydrogen (secondary N) is 1. The highest BCUT2D eigenvalue weighted by atomic mass is 35.5. The average Bonchev–Trinajstić information content (AvgIpc) is 2.70. The third-order valence-electron chi connectivity index (χ3n) is 4.46. The van der Waals surface area contributed by atoms with Crippen LogP contribution in [0.4, 0.5) is 5.69 Å². The first-order valence-electron chi connectivity index (χ1n) is 8.74. The van der Waals surface area contributed by atoms with Gasteiger partial charge in [0.2, 0.25) is 0 Å². The molecule has 1 amide bonds. The van der Waals surface area contributed by atoms with Gasteiger partial charge in [0.05, 0.1) is 26.8 Å². The molecule has 138 valence electrons. The van der Waals surface area contributed by atoms with Crippen molar-refractivity contribution in [2.45, 2.75) is 6.92 Å². The Morgan fingerprint density at radius 2 is 1.68 bits per heavy atom. The van der Waals surface area contributed by atoms with E-state index in [0.717, 1.165) is 27.7 Å². The first kappa shape index (κ1) is 18.5. The summed E-state index contributed by atoms with van der Waals surface area (Å²) in [5.74, 6) is -0.228. The van der Waals surface area contributed by atoms with Gasteiger partial charge in [-0.1, -0.05) is 65.2 Å². The van der Waals surface area contributed by atoms with Gasteiger partial charge in [0.25, 0.3) is 5.91 Å². The molecule has 1 N–H and O–H groups in total. The predicted octanol–water partition coefficient (Wildman–Crippen LogP) is 6.77. The normalized spacial score (nSPS) is 10.8. The number of halogens is 2. The molecule has 0 fully saturated rings. The van der Waals surface area contributed by atoms with Gasteiger partial charge in [-0.2, -0.15) is 0 Å². The second kappa shape index (κ2) is 7.63. The Kier molecular flexibility index (Phi) is 5.03. The maximum atomic E-state index is 13.1. The molecule has 0 spiro atoms. The van der Waals surface area contributed by atoms with Crippen molar-refractivity contribution in [1.82, 2.24) is 4.98 Å². The number of hydrogen-bond acceptors (Lipinski definition) is 2. The molecule has 0 atom stereocenters. The summed E-state index contributed by atoms with van der Waals surface area (Å²) in [6.45, 7) is 1.99. The van der Waals surface area contributed by atoms with Gasteiger partial charge in [-0.15, -0.1) is 0 Å². The van der Waals surface area contributed by atoms with Gasteiger partial charge in [-0.05, 0) is 43.3 Å². The van der Waals surface area contributed by atoms with Crippen LogP contribution in [0.1, 0.15) is 15.9 Å². The molecule has 0 saturated carbocycles. The number of carbonyl (C=O) groups is 1. The van der Waals surface area contributed by atoms with Crippen molar-refractivity contribution in [3.63, 3.8) is 0 Å². The Morgan fingerprint density at radius 1 is 0.893 bits per heavy atom. The summed E-state index contributed by atoms with van der Waals surface area (Å²) in [5, 5.41) is 4.54. The van der Waals surface area contributed by atoms with E-state index in [1.165, 1.54) is 0 Å². The number of benzene rings is 3. The fourth-order valence-corrected chi connectivity index (χ4v) is 3.35. The number of aromatic nitrogens is 1. The van der Waals surface area contributed by atoms with Crippen LogP contribution in [0.25, 0.3) is 22.2 Å². The molecule has 3 aromatic carbocycles. The lowest BCUT2D eigenvalue weighted by Gasteiger charge is -2.12. The largest absolute Gasteiger partial charge is 0.322 e. The van der Waals surface area contributed by atoms with Crippen LogP contribution in [0, 0.1) is 6.92 Å². The Bertz CT molecular complexity index is 1190. The van der Waals surface area contributed by atoms with Crippen molar-refractivity contribution in [3.05, 3.63) is 94.0 Å². The fourth-order valence-electron chi connectivity index (χ4n) is 3.06. The van der Waals surface area contributed by atoms with Crippen LogP contribution in [0.2, 0.25) is 10.0 Å². The van der Waals surface area contributed by atoms with Gasteiger partial charge in [0.15, 0.2) is 0 Å². The van der Waals surface area contributed by atoms with Crippen LogP contribution in [-0.4, -0.2) is 10.9 Å². The van der Waals surface area contributed by atoms with E-state index in [1.54, 1.807) is 18.2 Å². The molecular weight excluding hydrogens is 391 g/mol. The Balaban J connectivity index is 1.82. The van der Waals surface area contributed by atoms with Crippen LogP contribution in [0.5, 0.6) is 0 Å². The Morgan fingerprint density at radius 3 is 2.43 bits per heavy atom. The van der Waals surface area contributed by atoms with E-state index < -0.39 is 0 Å². The van der Waals surface area contributed by atoms with Crippen molar-refractivity contribution < 1.29 is 4.79 Å². The maximum Gasteiger partial charge on any atom is 0.256 e. The van der Waals surface area contributed by atoms with Crippen LogP contribution in [0.3, 0.4) is 0 Å². The molecule has 0 bridgehead atoms. The van der Waals surface area contributed by atoms with Crippen molar-refractivity contribution >= 4 is 45.7 Å². The summed E-state index contributed by atoms with van der Waals surface area (Å²) < 4.78 is 0. The maximum absolute atomic E-state index is 13.1. The van der Waals surface area contributed by atoms with Crippen LogP contribution in [0.15, 0.2) is 72.8 Å². The average molecular weight is 407 g/mol. The molecule has 4 rings (SSSR count). The number of fused-ring (bicyclic) bond motifs is 1. The topological polar surface area (TPSA) is 42.0 Å². The molecule has 0 radical (unpaired) electrons. The van der Waals surface area contributed by atoms with E-state index in [2.05, 4.69) is 5.32 Å². The van der Waals surface area contributed by atoms with Crippen LogP contribution < -0.4 is 5.32 Å². The van der Waals surface area contributed by atoms with Crippen molar-refractivity contribution in [2.75, 3.05) is 5.32 Å². The number of amides is 1. The number of anilines is 1. The van der Waals surface area contributed by atoms with Gasteiger partial charge in [-0.3, -0.25) is 4.79 Å². The van der Waals surface area contributed by atoms with E-state index in [9.17, 15) is 4.79 Å². The zero-order chi connectivity index (χ0) is 19.7. The molecule has 3 nitrogen and oxygen atoms in total. The van der Waals surface area contributed by atoms with E-state index in [0.29, 0.717) is 21.3 Å². The highest BCUT2D eigenvalue weighted by Gasteiger charge is 2.15. The minimum absolute atomic E-state index is 0.228. The summed E-state index contributed by atoms with van der Waals surface area (Å²) >= 11 is 12.0. The monoisotopic (exact) mass is 406 g/mol. The number of nitrogens with zero attached hydrogens (tertiary/aromatic N) is 1. The fraction of sp³-hybridized carbons (Fsp3) is 0.0435. The third-order valence-corrected chi connectivity index (χ3v) is 5.19.